The summed E-state index contributed by atoms with van der Waals surface area (Å²) in [7, 11) is 0. The number of aromatic nitrogens is 3. The Labute approximate surface area is 188 Å². The summed E-state index contributed by atoms with van der Waals surface area (Å²) in [4.78, 5) is 19.5. The van der Waals surface area contributed by atoms with Crippen molar-refractivity contribution in [2.75, 3.05) is 26.2 Å². The van der Waals surface area contributed by atoms with Crippen molar-refractivity contribution < 1.29 is 0 Å². The molecule has 31 heavy (non-hydrogen) atoms. The van der Waals surface area contributed by atoms with Crippen LogP contribution in [-0.2, 0) is 12.8 Å². The molecular weight excluding hydrogens is 382 g/mol. The Morgan fingerprint density at radius 2 is 1.77 bits per heavy atom. The molecule has 2 aliphatic rings. The van der Waals surface area contributed by atoms with Gasteiger partial charge >= 0.3 is 0 Å². The van der Waals surface area contributed by atoms with Gasteiger partial charge in [-0.2, -0.15) is 0 Å². The summed E-state index contributed by atoms with van der Waals surface area (Å²) in [6, 6.07) is 7.79. The van der Waals surface area contributed by atoms with Crippen molar-refractivity contribution in [1.29, 1.82) is 0 Å². The van der Waals surface area contributed by atoms with Gasteiger partial charge in [0, 0.05) is 60.8 Å². The summed E-state index contributed by atoms with van der Waals surface area (Å²) in [6.07, 6.45) is 6.57. The molecule has 0 radical (unpaired) electrons. The summed E-state index contributed by atoms with van der Waals surface area (Å²) in [5.41, 5.74) is 4.93. The first-order valence-corrected chi connectivity index (χ1v) is 12.1. The SMILES string of the molecule is Cc1ccc(CC2CCN(C(C)Cc3cc(C4CCN(C(C)C)C4)nc(C)n3)C2)nc1. The highest BCUT2D eigenvalue weighted by atomic mass is 15.2. The molecule has 0 saturated carbocycles. The smallest absolute Gasteiger partial charge is 0.125 e. The molecule has 0 spiro atoms. The molecule has 4 heterocycles. The largest absolute Gasteiger partial charge is 0.300 e. The third kappa shape index (κ3) is 5.69. The fraction of sp³-hybridized carbons (Fsp3) is 0.654. The number of pyridine rings is 1. The summed E-state index contributed by atoms with van der Waals surface area (Å²) < 4.78 is 0. The maximum Gasteiger partial charge on any atom is 0.125 e. The van der Waals surface area contributed by atoms with Crippen LogP contribution >= 0.6 is 0 Å². The Balaban J connectivity index is 1.35. The van der Waals surface area contributed by atoms with Crippen molar-refractivity contribution in [3.05, 3.63) is 52.9 Å². The number of nitrogens with zero attached hydrogens (tertiary/aromatic N) is 5. The minimum atomic E-state index is 0.508. The lowest BCUT2D eigenvalue weighted by Gasteiger charge is -2.24. The molecule has 0 bridgehead atoms. The second-order valence-corrected chi connectivity index (χ2v) is 10.1. The molecule has 4 rings (SSSR count). The molecule has 5 nitrogen and oxygen atoms in total. The van der Waals surface area contributed by atoms with Crippen LogP contribution in [0.25, 0.3) is 0 Å². The fourth-order valence-corrected chi connectivity index (χ4v) is 5.24. The molecule has 0 amide bonds. The van der Waals surface area contributed by atoms with Gasteiger partial charge in [-0.1, -0.05) is 6.07 Å². The highest BCUT2D eigenvalue weighted by molar-refractivity contribution is 5.18. The maximum atomic E-state index is 4.82. The Kier molecular flexibility index (Phi) is 7.02. The molecule has 2 saturated heterocycles. The summed E-state index contributed by atoms with van der Waals surface area (Å²) in [6.45, 7) is 15.8. The summed E-state index contributed by atoms with van der Waals surface area (Å²) in [5.74, 6) is 2.18. The average molecular weight is 422 g/mol. The first-order chi connectivity index (χ1) is 14.9. The van der Waals surface area contributed by atoms with Crippen LogP contribution in [0, 0.1) is 19.8 Å². The van der Waals surface area contributed by atoms with E-state index >= 15 is 0 Å². The van der Waals surface area contributed by atoms with E-state index in [9.17, 15) is 0 Å². The van der Waals surface area contributed by atoms with Crippen molar-refractivity contribution in [2.24, 2.45) is 5.92 Å². The van der Waals surface area contributed by atoms with E-state index < -0.39 is 0 Å². The average Bonchev–Trinajstić information content (AvgIpc) is 3.39. The molecule has 0 N–H and O–H groups in total. The van der Waals surface area contributed by atoms with Crippen LogP contribution in [0.1, 0.15) is 68.0 Å². The Hall–Kier alpha value is -1.85. The highest BCUT2D eigenvalue weighted by Crippen LogP contribution is 2.28. The van der Waals surface area contributed by atoms with E-state index in [0.29, 0.717) is 23.9 Å². The third-order valence-electron chi connectivity index (χ3n) is 7.19. The van der Waals surface area contributed by atoms with Crippen LogP contribution in [-0.4, -0.2) is 63.0 Å². The van der Waals surface area contributed by atoms with Gasteiger partial charge in [-0.05, 0) is 90.6 Å². The van der Waals surface area contributed by atoms with Crippen LogP contribution in [0.3, 0.4) is 0 Å². The minimum absolute atomic E-state index is 0.508. The number of rotatable bonds is 7. The molecule has 2 aromatic rings. The van der Waals surface area contributed by atoms with E-state index in [-0.39, 0.29) is 0 Å². The van der Waals surface area contributed by atoms with Gasteiger partial charge in [-0.3, -0.25) is 9.88 Å². The van der Waals surface area contributed by atoms with E-state index in [1.807, 2.05) is 13.1 Å². The topological polar surface area (TPSA) is 45.2 Å². The summed E-state index contributed by atoms with van der Waals surface area (Å²) in [5, 5.41) is 0. The van der Waals surface area contributed by atoms with Gasteiger partial charge in [0.05, 0.1) is 0 Å². The van der Waals surface area contributed by atoms with Crippen molar-refractivity contribution in [2.45, 2.75) is 78.3 Å². The van der Waals surface area contributed by atoms with Crippen LogP contribution in [0.15, 0.2) is 24.4 Å². The second-order valence-electron chi connectivity index (χ2n) is 10.1. The number of hydrogen-bond acceptors (Lipinski definition) is 5. The lowest BCUT2D eigenvalue weighted by molar-refractivity contribution is 0.246. The van der Waals surface area contributed by atoms with Crippen LogP contribution in [0.2, 0.25) is 0 Å². The molecule has 0 aliphatic carbocycles. The second kappa shape index (κ2) is 9.74. The highest BCUT2D eigenvalue weighted by Gasteiger charge is 2.29. The zero-order chi connectivity index (χ0) is 22.0. The van der Waals surface area contributed by atoms with Gasteiger partial charge in [-0.25, -0.2) is 9.97 Å². The molecular formula is C26H39N5. The Bertz CT molecular complexity index is 863. The molecule has 3 atom stereocenters. The third-order valence-corrected chi connectivity index (χ3v) is 7.19. The molecule has 2 fully saturated rings. The van der Waals surface area contributed by atoms with Crippen LogP contribution in [0.4, 0.5) is 0 Å². The van der Waals surface area contributed by atoms with Crippen molar-refractivity contribution in [3.8, 4) is 0 Å². The van der Waals surface area contributed by atoms with Crippen LogP contribution < -0.4 is 0 Å². The zero-order valence-electron chi connectivity index (χ0n) is 20.0. The Morgan fingerprint density at radius 1 is 0.968 bits per heavy atom. The predicted molar refractivity (Wildman–Crippen MR) is 126 cm³/mol. The van der Waals surface area contributed by atoms with Gasteiger partial charge in [-0.15, -0.1) is 0 Å². The van der Waals surface area contributed by atoms with E-state index in [1.165, 1.54) is 55.1 Å². The first kappa shape index (κ1) is 22.3. The van der Waals surface area contributed by atoms with E-state index in [4.69, 9.17) is 9.97 Å². The van der Waals surface area contributed by atoms with Gasteiger partial charge in [0.25, 0.3) is 0 Å². The predicted octanol–water partition coefficient (Wildman–Crippen LogP) is 4.18. The van der Waals surface area contributed by atoms with Gasteiger partial charge in [0.1, 0.15) is 5.82 Å². The lowest BCUT2D eigenvalue weighted by Crippen LogP contribution is -2.33. The summed E-state index contributed by atoms with van der Waals surface area (Å²) >= 11 is 0. The van der Waals surface area contributed by atoms with E-state index in [0.717, 1.165) is 25.2 Å². The van der Waals surface area contributed by atoms with E-state index in [2.05, 4.69) is 60.7 Å². The maximum absolute atomic E-state index is 4.82. The van der Waals surface area contributed by atoms with Crippen molar-refractivity contribution >= 4 is 0 Å². The van der Waals surface area contributed by atoms with Crippen molar-refractivity contribution in [3.63, 3.8) is 0 Å². The standard InChI is InChI=1S/C26H39N5/c1-18(2)30-11-9-23(17-30)26-14-25(28-21(5)29-26)12-20(4)31-10-8-22(16-31)13-24-7-6-19(3)15-27-24/h6-7,14-15,18,20,22-23H,8-13,16-17H2,1-5H3. The first-order valence-electron chi connectivity index (χ1n) is 12.1. The quantitative estimate of drug-likeness (QED) is 0.671. The van der Waals surface area contributed by atoms with Crippen molar-refractivity contribution in [1.82, 2.24) is 24.8 Å². The van der Waals surface area contributed by atoms with Crippen LogP contribution in [0.5, 0.6) is 0 Å². The lowest BCUT2D eigenvalue weighted by atomic mass is 10.0. The Morgan fingerprint density at radius 3 is 2.48 bits per heavy atom. The van der Waals surface area contributed by atoms with Gasteiger partial charge in [0.2, 0.25) is 0 Å². The number of hydrogen-bond donors (Lipinski definition) is 0. The minimum Gasteiger partial charge on any atom is -0.300 e. The normalized spacial score (nSPS) is 23.7. The monoisotopic (exact) mass is 421 g/mol. The molecule has 5 heteroatoms. The number of likely N-dealkylation sites (tertiary alicyclic amines) is 2. The van der Waals surface area contributed by atoms with E-state index in [1.54, 1.807) is 0 Å². The zero-order valence-corrected chi connectivity index (χ0v) is 20.0. The number of aryl methyl sites for hydroxylation is 2. The van der Waals surface area contributed by atoms with Gasteiger partial charge in [0.15, 0.2) is 0 Å². The fourth-order valence-electron chi connectivity index (χ4n) is 5.24. The molecule has 0 aromatic carbocycles. The molecule has 2 aromatic heterocycles. The molecule has 3 unspecified atom stereocenters. The molecule has 2 aliphatic heterocycles. The molecule has 168 valence electrons. The van der Waals surface area contributed by atoms with Gasteiger partial charge < -0.3 is 4.90 Å².